The van der Waals surface area contributed by atoms with Crippen LogP contribution in [0.3, 0.4) is 0 Å². The van der Waals surface area contributed by atoms with Crippen LogP contribution in [0.5, 0.6) is 0 Å². The first-order valence-corrected chi connectivity index (χ1v) is 4.87. The van der Waals surface area contributed by atoms with Crippen molar-refractivity contribution in [3.63, 3.8) is 0 Å². The van der Waals surface area contributed by atoms with E-state index in [-0.39, 0.29) is 0 Å². The molecular weight excluding hydrogens is 174 g/mol. The molecule has 4 N–H and O–H groups in total. The Balaban J connectivity index is 4.11. The third-order valence-electron chi connectivity index (χ3n) is 1.73. The van der Waals surface area contributed by atoms with E-state index in [1.165, 1.54) is 0 Å². The molecule has 14 heavy (non-hydrogen) atoms. The largest absolute Gasteiger partial charge is 0.402 e. The Morgan fingerprint density at radius 1 is 1.21 bits per heavy atom. The molecule has 0 spiro atoms. The summed E-state index contributed by atoms with van der Waals surface area (Å²) in [6.07, 6.45) is 8.70. The molecule has 0 radical (unpaired) electrons. The molecule has 0 amide bonds. The van der Waals surface area contributed by atoms with Gasteiger partial charge in [-0.25, -0.2) is 5.84 Å². The Kier molecular flexibility index (Phi) is 6.58. The first-order chi connectivity index (χ1) is 6.57. The first-order valence-electron chi connectivity index (χ1n) is 4.87. The zero-order chi connectivity index (χ0) is 11.0. The fourth-order valence-corrected chi connectivity index (χ4v) is 0.915. The maximum atomic E-state index is 5.76. The molecule has 0 heterocycles. The Morgan fingerprint density at radius 2 is 1.79 bits per heavy atom. The summed E-state index contributed by atoms with van der Waals surface area (Å²) in [5.74, 6) is 5.76. The standard InChI is InChI=1S/C11H21N3/c1-4-9-14(13)11(3)8-6-5-7-10(2)12/h5-8H,4,9,12-13H2,1-3H3/b6-5-,10-7+,11-8+. The number of rotatable bonds is 5. The number of allylic oxidation sites excluding steroid dienone is 6. The molecular formula is C11H21N3. The van der Waals surface area contributed by atoms with Crippen molar-refractivity contribution in [2.24, 2.45) is 11.6 Å². The van der Waals surface area contributed by atoms with Gasteiger partial charge in [0.25, 0.3) is 0 Å². The van der Waals surface area contributed by atoms with Gasteiger partial charge in [-0.1, -0.05) is 19.1 Å². The SMILES string of the molecule is CCCN(N)/C(C)=C/C=C\C=C(/C)N. The maximum Gasteiger partial charge on any atom is 0.0335 e. The zero-order valence-electron chi connectivity index (χ0n) is 9.33. The van der Waals surface area contributed by atoms with E-state index in [4.69, 9.17) is 11.6 Å². The van der Waals surface area contributed by atoms with Gasteiger partial charge in [0, 0.05) is 17.9 Å². The number of hydrogen-bond donors (Lipinski definition) is 2. The van der Waals surface area contributed by atoms with Crippen molar-refractivity contribution in [2.75, 3.05) is 6.54 Å². The van der Waals surface area contributed by atoms with Gasteiger partial charge in [-0.3, -0.25) is 0 Å². The molecule has 0 aliphatic carbocycles. The summed E-state index contributed by atoms with van der Waals surface area (Å²) in [5, 5.41) is 1.74. The molecule has 0 aromatic heterocycles. The second kappa shape index (κ2) is 7.21. The van der Waals surface area contributed by atoms with Crippen LogP contribution in [-0.4, -0.2) is 11.6 Å². The summed E-state index contributed by atoms with van der Waals surface area (Å²) in [6, 6.07) is 0. The lowest BCUT2D eigenvalue weighted by molar-refractivity contribution is 0.360. The van der Waals surface area contributed by atoms with Crippen LogP contribution < -0.4 is 11.6 Å². The van der Waals surface area contributed by atoms with E-state index in [2.05, 4.69) is 6.92 Å². The van der Waals surface area contributed by atoms with Crippen LogP contribution in [0.1, 0.15) is 27.2 Å². The Morgan fingerprint density at radius 3 is 2.29 bits per heavy atom. The minimum absolute atomic E-state index is 0.797. The van der Waals surface area contributed by atoms with Gasteiger partial charge in [0.1, 0.15) is 0 Å². The average molecular weight is 195 g/mol. The lowest BCUT2D eigenvalue weighted by Gasteiger charge is -2.17. The van der Waals surface area contributed by atoms with Crippen molar-refractivity contribution in [1.29, 1.82) is 0 Å². The molecule has 0 bridgehead atoms. The zero-order valence-corrected chi connectivity index (χ0v) is 9.33. The van der Waals surface area contributed by atoms with E-state index in [0.717, 1.165) is 24.4 Å². The van der Waals surface area contributed by atoms with Crippen LogP contribution in [-0.2, 0) is 0 Å². The predicted molar refractivity (Wildman–Crippen MR) is 62.0 cm³/mol. The number of nitrogens with zero attached hydrogens (tertiary/aromatic N) is 1. The molecule has 0 fully saturated rings. The molecule has 80 valence electrons. The van der Waals surface area contributed by atoms with Gasteiger partial charge >= 0.3 is 0 Å². The monoisotopic (exact) mass is 195 g/mol. The van der Waals surface area contributed by atoms with Crippen molar-refractivity contribution >= 4 is 0 Å². The maximum absolute atomic E-state index is 5.76. The van der Waals surface area contributed by atoms with Crippen molar-refractivity contribution < 1.29 is 0 Å². The summed E-state index contributed by atoms with van der Waals surface area (Å²) >= 11 is 0. The minimum atomic E-state index is 0.797. The molecule has 3 nitrogen and oxygen atoms in total. The molecule has 0 saturated carbocycles. The van der Waals surface area contributed by atoms with Crippen LogP contribution in [0.2, 0.25) is 0 Å². The molecule has 0 atom stereocenters. The van der Waals surface area contributed by atoms with E-state index < -0.39 is 0 Å². The van der Waals surface area contributed by atoms with Gasteiger partial charge < -0.3 is 10.7 Å². The molecule has 0 aromatic carbocycles. The topological polar surface area (TPSA) is 55.3 Å². The Bertz CT molecular complexity index is 235. The fraction of sp³-hybridized carbons (Fsp3) is 0.455. The minimum Gasteiger partial charge on any atom is -0.402 e. The highest BCUT2D eigenvalue weighted by Crippen LogP contribution is 1.98. The highest BCUT2D eigenvalue weighted by atomic mass is 15.4. The fourth-order valence-electron chi connectivity index (χ4n) is 0.915. The lowest BCUT2D eigenvalue weighted by atomic mass is 10.3. The summed E-state index contributed by atoms with van der Waals surface area (Å²) in [7, 11) is 0. The van der Waals surface area contributed by atoms with E-state index in [9.17, 15) is 0 Å². The van der Waals surface area contributed by atoms with Gasteiger partial charge in [-0.05, 0) is 32.4 Å². The third-order valence-corrected chi connectivity index (χ3v) is 1.73. The quantitative estimate of drug-likeness (QED) is 0.400. The van der Waals surface area contributed by atoms with Crippen molar-refractivity contribution in [1.82, 2.24) is 5.01 Å². The summed E-state index contributed by atoms with van der Waals surface area (Å²) < 4.78 is 0. The summed E-state index contributed by atoms with van der Waals surface area (Å²) in [5.41, 5.74) is 7.31. The Hall–Kier alpha value is -1.22. The highest BCUT2D eigenvalue weighted by molar-refractivity contribution is 5.16. The Labute approximate surface area is 86.7 Å². The van der Waals surface area contributed by atoms with E-state index in [0.29, 0.717) is 0 Å². The summed E-state index contributed by atoms with van der Waals surface area (Å²) in [4.78, 5) is 0. The smallest absolute Gasteiger partial charge is 0.0335 e. The molecule has 0 rings (SSSR count). The van der Waals surface area contributed by atoms with Crippen molar-refractivity contribution in [2.45, 2.75) is 27.2 Å². The van der Waals surface area contributed by atoms with E-state index >= 15 is 0 Å². The number of nitrogens with two attached hydrogens (primary N) is 2. The van der Waals surface area contributed by atoms with E-state index in [1.807, 2.05) is 38.2 Å². The van der Waals surface area contributed by atoms with Crippen LogP contribution in [0, 0.1) is 0 Å². The van der Waals surface area contributed by atoms with E-state index in [1.54, 1.807) is 5.01 Å². The van der Waals surface area contributed by atoms with Crippen molar-refractivity contribution in [3.8, 4) is 0 Å². The first kappa shape index (κ1) is 12.8. The van der Waals surface area contributed by atoms with Gasteiger partial charge in [0.05, 0.1) is 0 Å². The predicted octanol–water partition coefficient (Wildman–Crippen LogP) is 1.89. The van der Waals surface area contributed by atoms with Crippen LogP contribution >= 0.6 is 0 Å². The summed E-state index contributed by atoms with van der Waals surface area (Å²) in [6.45, 7) is 6.82. The molecule has 0 unspecified atom stereocenters. The second-order valence-electron chi connectivity index (χ2n) is 3.30. The molecule has 0 aromatic rings. The number of hydrazine groups is 1. The van der Waals surface area contributed by atoms with Crippen LogP contribution in [0.25, 0.3) is 0 Å². The third kappa shape index (κ3) is 6.31. The highest BCUT2D eigenvalue weighted by Gasteiger charge is 1.94. The van der Waals surface area contributed by atoms with Gasteiger partial charge in [0.2, 0.25) is 0 Å². The molecule has 3 heteroatoms. The molecule has 0 aliphatic heterocycles. The second-order valence-corrected chi connectivity index (χ2v) is 3.30. The lowest BCUT2D eigenvalue weighted by Crippen LogP contribution is -2.29. The van der Waals surface area contributed by atoms with Crippen LogP contribution in [0.15, 0.2) is 35.7 Å². The molecule has 0 saturated heterocycles. The van der Waals surface area contributed by atoms with Crippen molar-refractivity contribution in [3.05, 3.63) is 35.7 Å². The van der Waals surface area contributed by atoms with Crippen LogP contribution in [0.4, 0.5) is 0 Å². The molecule has 0 aliphatic rings. The average Bonchev–Trinajstić information content (AvgIpc) is 2.12. The van der Waals surface area contributed by atoms with Gasteiger partial charge in [0.15, 0.2) is 0 Å². The van der Waals surface area contributed by atoms with Gasteiger partial charge in [-0.2, -0.15) is 0 Å². The normalized spacial score (nSPS) is 13.7. The number of hydrogen-bond acceptors (Lipinski definition) is 3. The van der Waals surface area contributed by atoms with Gasteiger partial charge in [-0.15, -0.1) is 0 Å².